The zero-order valence-corrected chi connectivity index (χ0v) is 15.6. The summed E-state index contributed by atoms with van der Waals surface area (Å²) in [6.07, 6.45) is 8.36. The van der Waals surface area contributed by atoms with Crippen LogP contribution in [0.5, 0.6) is 5.75 Å². The minimum atomic E-state index is 0.180. The van der Waals surface area contributed by atoms with Crippen LogP contribution in [0, 0.1) is 0 Å². The summed E-state index contributed by atoms with van der Waals surface area (Å²) in [6.45, 7) is 7.28. The van der Waals surface area contributed by atoms with Crippen molar-refractivity contribution in [1.29, 1.82) is 0 Å². The number of unbranched alkanes of at least 4 members (excludes halogenated alkanes) is 2. The molecule has 1 aromatic rings. The highest BCUT2D eigenvalue weighted by atomic mass is 16.5. The van der Waals surface area contributed by atoms with Gasteiger partial charge < -0.3 is 14.5 Å². The first-order valence-corrected chi connectivity index (χ1v) is 10.0. The first kappa shape index (κ1) is 18.2. The Morgan fingerprint density at radius 2 is 1.84 bits per heavy atom. The summed E-state index contributed by atoms with van der Waals surface area (Å²) < 4.78 is 5.75. The Bertz CT molecular complexity index is 537. The van der Waals surface area contributed by atoms with Crippen molar-refractivity contribution in [1.82, 2.24) is 9.80 Å². The molecule has 0 bridgehead atoms. The van der Waals surface area contributed by atoms with Crippen molar-refractivity contribution in [2.75, 3.05) is 32.8 Å². The van der Waals surface area contributed by atoms with Crippen molar-refractivity contribution in [3.63, 3.8) is 0 Å². The first-order chi connectivity index (χ1) is 12.3. The molecule has 3 rings (SSSR count). The van der Waals surface area contributed by atoms with Crippen LogP contribution < -0.4 is 4.74 Å². The van der Waals surface area contributed by atoms with Gasteiger partial charge in [0.15, 0.2) is 0 Å². The summed E-state index contributed by atoms with van der Waals surface area (Å²) in [7, 11) is 0. The molecular weight excluding hydrogens is 312 g/mol. The van der Waals surface area contributed by atoms with Crippen LogP contribution in [-0.4, -0.2) is 54.5 Å². The van der Waals surface area contributed by atoms with Gasteiger partial charge in [-0.2, -0.15) is 0 Å². The van der Waals surface area contributed by atoms with Crippen LogP contribution in [0.1, 0.15) is 62.2 Å². The molecule has 2 fully saturated rings. The molecule has 2 aliphatic heterocycles. The molecule has 138 valence electrons. The lowest BCUT2D eigenvalue weighted by molar-refractivity contribution is 0.0708. The van der Waals surface area contributed by atoms with Crippen LogP contribution in [0.4, 0.5) is 0 Å². The minimum absolute atomic E-state index is 0.180. The third kappa shape index (κ3) is 4.97. The Morgan fingerprint density at radius 1 is 1.08 bits per heavy atom. The molecule has 4 nitrogen and oxygen atoms in total. The van der Waals surface area contributed by atoms with Crippen LogP contribution in [0.15, 0.2) is 24.3 Å². The van der Waals surface area contributed by atoms with Crippen molar-refractivity contribution in [3.8, 4) is 5.75 Å². The highest BCUT2D eigenvalue weighted by Crippen LogP contribution is 2.23. The van der Waals surface area contributed by atoms with Crippen LogP contribution in [0.2, 0.25) is 0 Å². The van der Waals surface area contributed by atoms with E-state index in [-0.39, 0.29) is 5.91 Å². The molecule has 0 aliphatic carbocycles. The smallest absolute Gasteiger partial charge is 0.254 e. The molecule has 1 aromatic carbocycles. The fourth-order valence-corrected chi connectivity index (χ4v) is 3.96. The maximum absolute atomic E-state index is 12.9. The van der Waals surface area contributed by atoms with Gasteiger partial charge in [-0.05, 0) is 69.5 Å². The monoisotopic (exact) mass is 344 g/mol. The molecule has 0 spiro atoms. The SMILES string of the molecule is CCCCCOc1ccc(C(=O)N2CCC[C@H]2CN2CCCC2)cc1. The highest BCUT2D eigenvalue weighted by Gasteiger charge is 2.31. The number of hydrogen-bond acceptors (Lipinski definition) is 3. The molecule has 0 saturated carbocycles. The predicted molar refractivity (Wildman–Crippen MR) is 101 cm³/mol. The lowest BCUT2D eigenvalue weighted by atomic mass is 10.1. The predicted octanol–water partition coefficient (Wildman–Crippen LogP) is 3.96. The van der Waals surface area contributed by atoms with E-state index in [1.807, 2.05) is 24.3 Å². The molecule has 0 radical (unpaired) electrons. The average molecular weight is 344 g/mol. The Kier molecular flexibility index (Phi) is 6.74. The highest BCUT2D eigenvalue weighted by molar-refractivity contribution is 5.94. The summed E-state index contributed by atoms with van der Waals surface area (Å²) in [6, 6.07) is 8.09. The van der Waals surface area contributed by atoms with Crippen LogP contribution in [-0.2, 0) is 0 Å². The van der Waals surface area contributed by atoms with E-state index < -0.39 is 0 Å². The molecule has 25 heavy (non-hydrogen) atoms. The van der Waals surface area contributed by atoms with Gasteiger partial charge in [-0.15, -0.1) is 0 Å². The van der Waals surface area contributed by atoms with Gasteiger partial charge in [-0.1, -0.05) is 19.8 Å². The average Bonchev–Trinajstić information content (AvgIpc) is 3.31. The van der Waals surface area contributed by atoms with Crippen molar-refractivity contribution < 1.29 is 9.53 Å². The van der Waals surface area contributed by atoms with Gasteiger partial charge in [0.25, 0.3) is 5.91 Å². The molecule has 4 heteroatoms. The van der Waals surface area contributed by atoms with Crippen LogP contribution in [0.25, 0.3) is 0 Å². The van der Waals surface area contributed by atoms with E-state index in [0.717, 1.165) is 50.3 Å². The number of ether oxygens (including phenoxy) is 1. The molecule has 2 aliphatic rings. The fourth-order valence-electron chi connectivity index (χ4n) is 3.96. The summed E-state index contributed by atoms with van der Waals surface area (Å²) >= 11 is 0. The number of hydrogen-bond donors (Lipinski definition) is 0. The van der Waals surface area contributed by atoms with E-state index in [1.165, 1.54) is 38.8 Å². The summed E-state index contributed by atoms with van der Waals surface area (Å²) in [4.78, 5) is 17.5. The Morgan fingerprint density at radius 3 is 2.56 bits per heavy atom. The number of nitrogens with zero attached hydrogens (tertiary/aromatic N) is 2. The molecule has 0 unspecified atom stereocenters. The van der Waals surface area contributed by atoms with Crippen LogP contribution in [0.3, 0.4) is 0 Å². The molecule has 2 heterocycles. The maximum Gasteiger partial charge on any atom is 0.254 e. The first-order valence-electron chi connectivity index (χ1n) is 10.0. The van der Waals surface area contributed by atoms with Crippen molar-refractivity contribution in [2.24, 2.45) is 0 Å². The number of rotatable bonds is 8. The van der Waals surface area contributed by atoms with Crippen LogP contribution >= 0.6 is 0 Å². The zero-order valence-electron chi connectivity index (χ0n) is 15.6. The van der Waals surface area contributed by atoms with E-state index in [1.54, 1.807) is 0 Å². The summed E-state index contributed by atoms with van der Waals surface area (Å²) in [5.74, 6) is 1.04. The van der Waals surface area contributed by atoms with Gasteiger partial charge >= 0.3 is 0 Å². The zero-order chi connectivity index (χ0) is 17.5. The van der Waals surface area contributed by atoms with Gasteiger partial charge in [0.2, 0.25) is 0 Å². The second-order valence-corrected chi connectivity index (χ2v) is 7.38. The molecule has 1 atom stereocenters. The lowest BCUT2D eigenvalue weighted by Gasteiger charge is -2.28. The van der Waals surface area contributed by atoms with Crippen molar-refractivity contribution in [2.45, 2.75) is 57.9 Å². The van der Waals surface area contributed by atoms with E-state index in [9.17, 15) is 4.79 Å². The van der Waals surface area contributed by atoms with E-state index >= 15 is 0 Å². The fraction of sp³-hybridized carbons (Fsp3) is 0.667. The number of likely N-dealkylation sites (tertiary alicyclic amines) is 2. The van der Waals surface area contributed by atoms with Gasteiger partial charge in [0, 0.05) is 24.7 Å². The standard InChI is InChI=1S/C21H32N2O2/c1-2-3-6-16-25-20-11-9-18(10-12-20)21(24)23-15-7-8-19(23)17-22-13-4-5-14-22/h9-12,19H,2-8,13-17H2,1H3/t19-/m0/s1. The molecular formula is C21H32N2O2. The summed E-state index contributed by atoms with van der Waals surface area (Å²) in [5, 5.41) is 0. The van der Waals surface area contributed by atoms with Gasteiger partial charge in [-0.25, -0.2) is 0 Å². The van der Waals surface area contributed by atoms with Gasteiger partial charge in [-0.3, -0.25) is 4.79 Å². The Labute approximate surface area is 152 Å². The number of amides is 1. The normalized spacial score (nSPS) is 21.0. The van der Waals surface area contributed by atoms with Gasteiger partial charge in [0.1, 0.15) is 5.75 Å². The number of benzene rings is 1. The lowest BCUT2D eigenvalue weighted by Crippen LogP contribution is -2.42. The third-order valence-electron chi connectivity index (χ3n) is 5.42. The van der Waals surface area contributed by atoms with E-state index in [4.69, 9.17) is 4.74 Å². The topological polar surface area (TPSA) is 32.8 Å². The van der Waals surface area contributed by atoms with Crippen molar-refractivity contribution in [3.05, 3.63) is 29.8 Å². The van der Waals surface area contributed by atoms with E-state index in [2.05, 4.69) is 16.7 Å². The largest absolute Gasteiger partial charge is 0.494 e. The second kappa shape index (κ2) is 9.23. The number of carbonyl (C=O) groups excluding carboxylic acids is 1. The quantitative estimate of drug-likeness (QED) is 0.669. The number of carbonyl (C=O) groups is 1. The van der Waals surface area contributed by atoms with Crippen molar-refractivity contribution >= 4 is 5.91 Å². The summed E-state index contributed by atoms with van der Waals surface area (Å²) in [5.41, 5.74) is 0.786. The third-order valence-corrected chi connectivity index (χ3v) is 5.42. The molecule has 1 amide bonds. The van der Waals surface area contributed by atoms with Gasteiger partial charge in [0.05, 0.1) is 6.61 Å². The minimum Gasteiger partial charge on any atom is -0.494 e. The molecule has 0 N–H and O–H groups in total. The Hall–Kier alpha value is -1.55. The van der Waals surface area contributed by atoms with E-state index in [0.29, 0.717) is 6.04 Å². The maximum atomic E-state index is 12.9. The second-order valence-electron chi connectivity index (χ2n) is 7.38. The molecule has 0 aromatic heterocycles. The molecule has 2 saturated heterocycles. The Balaban J connectivity index is 1.54.